The van der Waals surface area contributed by atoms with E-state index in [4.69, 9.17) is 10.00 Å². The molecular formula is C33H23F5N4O3. The first-order chi connectivity index (χ1) is 21.5. The van der Waals surface area contributed by atoms with Gasteiger partial charge in [0.1, 0.15) is 29.9 Å². The van der Waals surface area contributed by atoms with Crippen LogP contribution in [0.3, 0.4) is 0 Å². The Morgan fingerprint density at radius 2 is 1.80 bits per heavy atom. The van der Waals surface area contributed by atoms with Crippen molar-refractivity contribution in [1.29, 1.82) is 5.26 Å². The predicted octanol–water partition coefficient (Wildman–Crippen LogP) is 7.62. The number of imidazole rings is 1. The number of carboxylic acids is 1. The molecule has 0 amide bonds. The third-order valence-corrected chi connectivity index (χ3v) is 7.79. The van der Waals surface area contributed by atoms with E-state index in [1.165, 1.54) is 53.1 Å². The van der Waals surface area contributed by atoms with Gasteiger partial charge in [-0.25, -0.2) is 36.7 Å². The Morgan fingerprint density at radius 3 is 2.51 bits per heavy atom. The fourth-order valence-electron chi connectivity index (χ4n) is 5.58. The minimum atomic E-state index is -2.91. The molecule has 228 valence electrons. The SMILES string of the molecule is N#Cc1ccc(COc2cccc(-c3cc(F)c(Cc4nc5ccc(C(=O)O)cc5n4[C@H]4CCC(F)(F)C4)cc3F)n2)c(F)c1. The number of carboxylic acid groups (broad SMARTS) is 1. The van der Waals surface area contributed by atoms with Crippen LogP contribution in [-0.2, 0) is 13.0 Å². The van der Waals surface area contributed by atoms with Gasteiger partial charge in [0.15, 0.2) is 0 Å². The molecule has 5 aromatic rings. The summed E-state index contributed by atoms with van der Waals surface area (Å²) in [5, 5.41) is 18.4. The first kappa shape index (κ1) is 29.7. The van der Waals surface area contributed by atoms with Gasteiger partial charge in [-0.15, -0.1) is 0 Å². The number of hydrogen-bond acceptors (Lipinski definition) is 5. The van der Waals surface area contributed by atoms with E-state index < -0.39 is 41.8 Å². The monoisotopic (exact) mass is 618 g/mol. The molecule has 0 radical (unpaired) electrons. The lowest BCUT2D eigenvalue weighted by Crippen LogP contribution is -2.15. The number of fused-ring (bicyclic) bond motifs is 1. The van der Waals surface area contributed by atoms with E-state index in [2.05, 4.69) is 9.97 Å². The van der Waals surface area contributed by atoms with Gasteiger partial charge in [-0.2, -0.15) is 5.26 Å². The quantitative estimate of drug-likeness (QED) is 0.180. The molecule has 0 bridgehead atoms. The van der Waals surface area contributed by atoms with Crippen molar-refractivity contribution >= 4 is 17.0 Å². The fourth-order valence-corrected chi connectivity index (χ4v) is 5.58. The van der Waals surface area contributed by atoms with Gasteiger partial charge in [0.05, 0.1) is 33.9 Å². The minimum absolute atomic E-state index is 0.0305. The average molecular weight is 619 g/mol. The standard InChI is InChI=1S/C33H23F5N4O3/c34-24-10-18(16-39)4-5-20(24)17-45-31-3-1-2-27(41-31)23-14-25(35)21(11-26(23)36)13-30-40-28-7-6-19(32(43)44)12-29(28)42(30)22-8-9-33(37,38)15-22/h1-7,10-12,14,22H,8-9,13,15,17H2,(H,43,44)/t22-/m0/s1. The molecule has 1 saturated carbocycles. The topological polar surface area (TPSA) is 101 Å². The summed E-state index contributed by atoms with van der Waals surface area (Å²) >= 11 is 0. The molecule has 0 saturated heterocycles. The number of nitrogens with zero attached hydrogens (tertiary/aromatic N) is 4. The summed E-state index contributed by atoms with van der Waals surface area (Å²) in [6.45, 7) is -0.217. The summed E-state index contributed by atoms with van der Waals surface area (Å²) < 4.78 is 80.7. The number of pyridine rings is 1. The molecule has 2 heterocycles. The molecule has 2 aromatic heterocycles. The van der Waals surface area contributed by atoms with Gasteiger partial charge < -0.3 is 14.4 Å². The van der Waals surface area contributed by atoms with E-state index in [1.807, 2.05) is 6.07 Å². The third kappa shape index (κ3) is 6.06. The zero-order valence-corrected chi connectivity index (χ0v) is 23.4. The Labute approximate surface area is 253 Å². The lowest BCUT2D eigenvalue weighted by molar-refractivity contribution is 0.00568. The molecule has 7 nitrogen and oxygen atoms in total. The number of hydrogen-bond donors (Lipinski definition) is 1. The molecule has 3 aromatic carbocycles. The van der Waals surface area contributed by atoms with Crippen LogP contribution in [-0.4, -0.2) is 31.5 Å². The highest BCUT2D eigenvalue weighted by molar-refractivity contribution is 5.92. The lowest BCUT2D eigenvalue weighted by Gasteiger charge is -2.18. The molecule has 0 unspecified atom stereocenters. The molecule has 1 aliphatic rings. The normalized spacial score (nSPS) is 15.7. The van der Waals surface area contributed by atoms with Gasteiger partial charge in [0.2, 0.25) is 11.8 Å². The zero-order valence-electron chi connectivity index (χ0n) is 23.4. The summed E-state index contributed by atoms with van der Waals surface area (Å²) in [5.41, 5.74) is 0.758. The summed E-state index contributed by atoms with van der Waals surface area (Å²) in [6, 6.07) is 15.6. The Hall–Kier alpha value is -5.31. The smallest absolute Gasteiger partial charge is 0.335 e. The lowest BCUT2D eigenvalue weighted by atomic mass is 10.0. The van der Waals surface area contributed by atoms with Crippen molar-refractivity contribution in [1.82, 2.24) is 14.5 Å². The highest BCUT2D eigenvalue weighted by Crippen LogP contribution is 2.43. The van der Waals surface area contributed by atoms with Crippen molar-refractivity contribution in [2.45, 2.75) is 44.3 Å². The van der Waals surface area contributed by atoms with Crippen LogP contribution in [0.25, 0.3) is 22.3 Å². The van der Waals surface area contributed by atoms with Gasteiger partial charge in [0, 0.05) is 42.5 Å². The Morgan fingerprint density at radius 1 is 1.00 bits per heavy atom. The Balaban J connectivity index is 1.29. The van der Waals surface area contributed by atoms with E-state index in [1.54, 1.807) is 0 Å². The number of ether oxygens (including phenoxy) is 1. The first-order valence-electron chi connectivity index (χ1n) is 13.9. The van der Waals surface area contributed by atoms with Crippen LogP contribution in [0.15, 0.2) is 66.7 Å². The number of aromatic carboxylic acids is 1. The summed E-state index contributed by atoms with van der Waals surface area (Å²) in [7, 11) is 0. The van der Waals surface area contributed by atoms with Crippen LogP contribution in [0.4, 0.5) is 22.0 Å². The molecule has 1 aliphatic carbocycles. The van der Waals surface area contributed by atoms with Crippen molar-refractivity contribution in [3.8, 4) is 23.2 Å². The molecule has 0 spiro atoms. The van der Waals surface area contributed by atoms with E-state index in [9.17, 15) is 23.1 Å². The van der Waals surface area contributed by atoms with Gasteiger partial charge in [0.25, 0.3) is 0 Å². The summed E-state index contributed by atoms with van der Waals surface area (Å²) in [6.07, 6.45) is -0.971. The van der Waals surface area contributed by atoms with Crippen LogP contribution in [0, 0.1) is 28.8 Å². The largest absolute Gasteiger partial charge is 0.478 e. The van der Waals surface area contributed by atoms with Gasteiger partial charge >= 0.3 is 5.97 Å². The highest BCUT2D eigenvalue weighted by Gasteiger charge is 2.41. The molecular weight excluding hydrogens is 595 g/mol. The second-order valence-electron chi connectivity index (χ2n) is 10.8. The number of nitriles is 1. The van der Waals surface area contributed by atoms with Crippen molar-refractivity contribution < 1.29 is 36.6 Å². The van der Waals surface area contributed by atoms with Gasteiger partial charge in [-0.3, -0.25) is 0 Å². The van der Waals surface area contributed by atoms with Crippen molar-refractivity contribution in [2.75, 3.05) is 0 Å². The second-order valence-corrected chi connectivity index (χ2v) is 10.8. The van der Waals surface area contributed by atoms with E-state index in [-0.39, 0.29) is 71.1 Å². The predicted molar refractivity (Wildman–Crippen MR) is 152 cm³/mol. The van der Waals surface area contributed by atoms with E-state index in [0.29, 0.717) is 11.0 Å². The summed E-state index contributed by atoms with van der Waals surface area (Å²) in [4.78, 5) is 20.3. The van der Waals surface area contributed by atoms with E-state index in [0.717, 1.165) is 18.2 Å². The zero-order chi connectivity index (χ0) is 31.9. The van der Waals surface area contributed by atoms with Crippen molar-refractivity contribution in [3.05, 3.63) is 112 Å². The number of alkyl halides is 2. The number of benzene rings is 3. The molecule has 1 N–H and O–H groups in total. The van der Waals surface area contributed by atoms with Gasteiger partial charge in [-0.05, 0) is 60.5 Å². The molecule has 1 fully saturated rings. The highest BCUT2D eigenvalue weighted by atomic mass is 19.3. The van der Waals surface area contributed by atoms with Crippen LogP contribution in [0.2, 0.25) is 0 Å². The third-order valence-electron chi connectivity index (χ3n) is 7.79. The summed E-state index contributed by atoms with van der Waals surface area (Å²) in [5.74, 6) is -6.11. The number of aromatic nitrogens is 3. The number of rotatable bonds is 8. The van der Waals surface area contributed by atoms with E-state index >= 15 is 8.78 Å². The Kier molecular flexibility index (Phi) is 7.70. The molecule has 6 rings (SSSR count). The first-order valence-corrected chi connectivity index (χ1v) is 13.9. The van der Waals surface area contributed by atoms with Gasteiger partial charge in [-0.1, -0.05) is 12.1 Å². The minimum Gasteiger partial charge on any atom is -0.478 e. The van der Waals surface area contributed by atoms with Crippen molar-refractivity contribution in [2.24, 2.45) is 0 Å². The van der Waals surface area contributed by atoms with Crippen LogP contribution < -0.4 is 4.74 Å². The maximum absolute atomic E-state index is 15.5. The molecule has 0 aliphatic heterocycles. The number of carbonyl (C=O) groups is 1. The molecule has 45 heavy (non-hydrogen) atoms. The average Bonchev–Trinajstić information content (AvgIpc) is 3.55. The molecule has 1 atom stereocenters. The second kappa shape index (κ2) is 11.6. The van der Waals surface area contributed by atoms with Crippen LogP contribution in [0.5, 0.6) is 5.88 Å². The van der Waals surface area contributed by atoms with Crippen molar-refractivity contribution in [3.63, 3.8) is 0 Å². The van der Waals surface area contributed by atoms with Crippen LogP contribution >= 0.6 is 0 Å². The maximum atomic E-state index is 15.5. The van der Waals surface area contributed by atoms with Crippen LogP contribution in [0.1, 0.15) is 58.2 Å². The fraction of sp³-hybridized carbons (Fsp3) is 0.212. The Bertz CT molecular complexity index is 2000. The molecule has 12 heteroatoms. The number of halogens is 5. The maximum Gasteiger partial charge on any atom is 0.335 e.